The van der Waals surface area contributed by atoms with Crippen LogP contribution < -0.4 is 4.18 Å². The molecule has 0 N–H and O–H groups in total. The van der Waals surface area contributed by atoms with E-state index < -0.39 is 33.1 Å². The van der Waals surface area contributed by atoms with E-state index in [2.05, 4.69) is 4.18 Å². The van der Waals surface area contributed by atoms with E-state index >= 15 is 0 Å². The molecule has 1 aliphatic rings. The molecule has 1 fully saturated rings. The van der Waals surface area contributed by atoms with Crippen LogP contribution in [0, 0.1) is 5.92 Å². The minimum absolute atomic E-state index is 0.0272. The van der Waals surface area contributed by atoms with Crippen molar-refractivity contribution in [1.82, 2.24) is 0 Å². The summed E-state index contributed by atoms with van der Waals surface area (Å²) < 4.78 is 101. The van der Waals surface area contributed by atoms with Crippen molar-refractivity contribution in [1.29, 1.82) is 0 Å². The lowest BCUT2D eigenvalue weighted by atomic mass is 10.0. The van der Waals surface area contributed by atoms with E-state index in [0.717, 1.165) is 12.8 Å². The molecule has 0 radical (unpaired) electrons. The lowest BCUT2D eigenvalue weighted by Crippen LogP contribution is -2.28. The summed E-state index contributed by atoms with van der Waals surface area (Å²) in [6.45, 7) is 0. The van der Waals surface area contributed by atoms with Crippen molar-refractivity contribution in [3.05, 3.63) is 29.3 Å². The fourth-order valence-corrected chi connectivity index (χ4v) is 2.29. The van der Waals surface area contributed by atoms with Crippen LogP contribution in [0.15, 0.2) is 18.2 Å². The van der Waals surface area contributed by atoms with E-state index in [1.165, 1.54) is 0 Å². The molecule has 0 spiro atoms. The van der Waals surface area contributed by atoms with Gasteiger partial charge in [0.2, 0.25) is 0 Å². The predicted octanol–water partition coefficient (Wildman–Crippen LogP) is 3.89. The van der Waals surface area contributed by atoms with Gasteiger partial charge in [-0.05, 0) is 48.9 Å². The van der Waals surface area contributed by atoms with Crippen LogP contribution in [-0.4, -0.2) is 13.9 Å². The molecule has 0 amide bonds. The highest BCUT2D eigenvalue weighted by atomic mass is 32.2. The third-order valence-electron chi connectivity index (χ3n) is 3.08. The number of hydrogen-bond acceptors (Lipinski definition) is 3. The van der Waals surface area contributed by atoms with Crippen molar-refractivity contribution in [2.45, 2.75) is 30.9 Å². The SMILES string of the molecule is O=S(=O)(Oc1ccc(C(F)(F)F)cc1CC1CC1)C(F)(F)F. The van der Waals surface area contributed by atoms with Crippen LogP contribution in [-0.2, 0) is 22.7 Å². The first-order valence-corrected chi connectivity index (χ1v) is 7.52. The van der Waals surface area contributed by atoms with Crippen LogP contribution in [0.2, 0.25) is 0 Å². The zero-order valence-electron chi connectivity index (χ0n) is 10.8. The molecule has 0 atom stereocenters. The Labute approximate surface area is 122 Å². The van der Waals surface area contributed by atoms with Gasteiger partial charge in [-0.1, -0.05) is 0 Å². The summed E-state index contributed by atoms with van der Waals surface area (Å²) in [5.74, 6) is -0.698. The van der Waals surface area contributed by atoms with Crippen LogP contribution in [0.25, 0.3) is 0 Å². The molecular weight excluding hydrogens is 338 g/mol. The summed E-state index contributed by atoms with van der Waals surface area (Å²) >= 11 is 0. The monoisotopic (exact) mass is 348 g/mol. The summed E-state index contributed by atoms with van der Waals surface area (Å²) in [5, 5.41) is 0. The molecule has 124 valence electrons. The average molecular weight is 348 g/mol. The molecule has 1 aliphatic carbocycles. The Morgan fingerprint density at radius 3 is 2.14 bits per heavy atom. The van der Waals surface area contributed by atoms with E-state index in [0.29, 0.717) is 18.2 Å². The van der Waals surface area contributed by atoms with Crippen LogP contribution in [0.4, 0.5) is 26.3 Å². The maximum absolute atomic E-state index is 12.6. The third kappa shape index (κ3) is 3.84. The van der Waals surface area contributed by atoms with Crippen LogP contribution in [0.1, 0.15) is 24.0 Å². The highest BCUT2D eigenvalue weighted by Crippen LogP contribution is 2.39. The topological polar surface area (TPSA) is 43.4 Å². The summed E-state index contributed by atoms with van der Waals surface area (Å²) in [6, 6.07) is 1.71. The van der Waals surface area contributed by atoms with Crippen molar-refractivity contribution in [2.75, 3.05) is 0 Å². The molecule has 0 aliphatic heterocycles. The minimum Gasteiger partial charge on any atom is -0.376 e. The van der Waals surface area contributed by atoms with Gasteiger partial charge in [0.1, 0.15) is 5.75 Å². The molecule has 1 saturated carbocycles. The van der Waals surface area contributed by atoms with Gasteiger partial charge in [0.15, 0.2) is 0 Å². The lowest BCUT2D eigenvalue weighted by molar-refractivity contribution is -0.137. The highest BCUT2D eigenvalue weighted by molar-refractivity contribution is 7.88. The van der Waals surface area contributed by atoms with Crippen LogP contribution >= 0.6 is 0 Å². The van der Waals surface area contributed by atoms with Crippen LogP contribution in [0.5, 0.6) is 5.75 Å². The zero-order chi connectivity index (χ0) is 16.8. The molecule has 10 heteroatoms. The number of rotatable bonds is 4. The first-order valence-electron chi connectivity index (χ1n) is 6.11. The second-order valence-corrected chi connectivity index (χ2v) is 6.49. The van der Waals surface area contributed by atoms with E-state index in [4.69, 9.17) is 0 Å². The van der Waals surface area contributed by atoms with Gasteiger partial charge in [0.25, 0.3) is 0 Å². The zero-order valence-corrected chi connectivity index (χ0v) is 11.6. The van der Waals surface area contributed by atoms with Crippen molar-refractivity contribution >= 4 is 10.1 Å². The van der Waals surface area contributed by atoms with Crippen LogP contribution in [0.3, 0.4) is 0 Å². The summed E-state index contributed by atoms with van der Waals surface area (Å²) in [5.41, 5.74) is -6.92. The molecule has 3 nitrogen and oxygen atoms in total. The van der Waals surface area contributed by atoms with E-state index in [1.54, 1.807) is 0 Å². The molecule has 0 heterocycles. The highest BCUT2D eigenvalue weighted by Gasteiger charge is 2.49. The molecule has 22 heavy (non-hydrogen) atoms. The van der Waals surface area contributed by atoms with Gasteiger partial charge >= 0.3 is 21.8 Å². The van der Waals surface area contributed by atoms with Crippen molar-refractivity contribution in [2.24, 2.45) is 5.92 Å². The third-order valence-corrected chi connectivity index (χ3v) is 4.04. The van der Waals surface area contributed by atoms with Crippen molar-refractivity contribution < 1.29 is 38.9 Å². The molecular formula is C12H10F6O3S. The van der Waals surface area contributed by atoms with Gasteiger partial charge in [0, 0.05) is 0 Å². The smallest absolute Gasteiger partial charge is 0.376 e. The Hall–Kier alpha value is -1.45. The van der Waals surface area contributed by atoms with Gasteiger partial charge in [-0.2, -0.15) is 34.8 Å². The molecule has 1 aromatic carbocycles. The summed E-state index contributed by atoms with van der Waals surface area (Å²) in [7, 11) is -5.92. The molecule has 0 saturated heterocycles. The largest absolute Gasteiger partial charge is 0.534 e. The first-order chi connectivity index (χ1) is 9.90. The number of alkyl halides is 6. The quantitative estimate of drug-likeness (QED) is 0.471. The van der Waals surface area contributed by atoms with Crippen molar-refractivity contribution in [3.8, 4) is 5.75 Å². The Kier molecular flexibility index (Phi) is 4.09. The molecule has 1 aromatic rings. The maximum atomic E-state index is 12.6. The second-order valence-electron chi connectivity index (χ2n) is 4.95. The minimum atomic E-state index is -5.92. The lowest BCUT2D eigenvalue weighted by Gasteiger charge is -2.15. The average Bonchev–Trinajstić information content (AvgIpc) is 3.12. The molecule has 0 unspecified atom stereocenters. The Morgan fingerprint density at radius 2 is 1.68 bits per heavy atom. The Bertz CT molecular complexity index is 658. The van der Waals surface area contributed by atoms with Gasteiger partial charge < -0.3 is 4.18 Å². The molecule has 2 rings (SSSR count). The Morgan fingerprint density at radius 1 is 1.09 bits per heavy atom. The van der Waals surface area contributed by atoms with Gasteiger partial charge in [0.05, 0.1) is 5.56 Å². The van der Waals surface area contributed by atoms with E-state index in [9.17, 15) is 34.8 Å². The Balaban J connectivity index is 2.38. The fraction of sp³-hybridized carbons (Fsp3) is 0.500. The molecule has 0 aromatic heterocycles. The normalized spacial score (nSPS) is 16.6. The fourth-order valence-electron chi connectivity index (χ4n) is 1.80. The molecule has 0 bridgehead atoms. The van der Waals surface area contributed by atoms with Gasteiger partial charge in [-0.15, -0.1) is 0 Å². The number of hydrogen-bond donors (Lipinski definition) is 0. The van der Waals surface area contributed by atoms with E-state index in [-0.39, 0.29) is 17.9 Å². The van der Waals surface area contributed by atoms with E-state index in [1.807, 2.05) is 0 Å². The van der Waals surface area contributed by atoms with Crippen molar-refractivity contribution in [3.63, 3.8) is 0 Å². The standard InChI is InChI=1S/C12H10F6O3S/c13-11(14,15)9-3-4-10(8(6-9)5-7-1-2-7)21-22(19,20)12(16,17)18/h3-4,6-7H,1-2,5H2. The number of halogens is 6. The number of benzene rings is 1. The van der Waals surface area contributed by atoms with Gasteiger partial charge in [-0.25, -0.2) is 0 Å². The maximum Gasteiger partial charge on any atom is 0.534 e. The second kappa shape index (κ2) is 5.32. The summed E-state index contributed by atoms with van der Waals surface area (Å²) in [4.78, 5) is 0. The van der Waals surface area contributed by atoms with Gasteiger partial charge in [-0.3, -0.25) is 0 Å². The predicted molar refractivity (Wildman–Crippen MR) is 63.5 cm³/mol. The summed E-state index contributed by atoms with van der Waals surface area (Å²) in [6.07, 6.45) is -3.20. The first kappa shape index (κ1) is 16.9.